The van der Waals surface area contributed by atoms with Gasteiger partial charge in [0.05, 0.1) is 6.54 Å². The summed E-state index contributed by atoms with van der Waals surface area (Å²) in [5.74, 6) is -0.462. The zero-order chi connectivity index (χ0) is 17.1. The van der Waals surface area contributed by atoms with E-state index in [1.807, 2.05) is 4.90 Å². The van der Waals surface area contributed by atoms with Crippen molar-refractivity contribution in [1.29, 1.82) is 0 Å². The lowest BCUT2D eigenvalue weighted by molar-refractivity contribution is -0.129. The average molecular weight is 355 g/mol. The van der Waals surface area contributed by atoms with Gasteiger partial charge in [-0.1, -0.05) is 17.7 Å². The highest BCUT2D eigenvalue weighted by atomic mass is 35.5. The number of rotatable bonds is 4. The van der Waals surface area contributed by atoms with Gasteiger partial charge in [-0.05, 0) is 12.1 Å². The molecule has 24 heavy (non-hydrogen) atoms. The Labute approximate surface area is 145 Å². The van der Waals surface area contributed by atoms with Crippen LogP contribution in [0, 0.1) is 5.82 Å². The van der Waals surface area contributed by atoms with Gasteiger partial charge in [0.15, 0.2) is 0 Å². The van der Waals surface area contributed by atoms with Crippen molar-refractivity contribution in [1.82, 2.24) is 20.0 Å². The maximum absolute atomic E-state index is 13.9. The van der Waals surface area contributed by atoms with Gasteiger partial charge in [0, 0.05) is 56.4 Å². The fraction of sp³-hybridized carbons (Fsp3) is 0.500. The lowest BCUT2D eigenvalue weighted by atomic mass is 10.2. The van der Waals surface area contributed by atoms with Crippen molar-refractivity contribution in [3.8, 4) is 0 Å². The number of piperazine rings is 1. The fourth-order valence-corrected chi connectivity index (χ4v) is 3.22. The van der Waals surface area contributed by atoms with Crippen LogP contribution in [-0.2, 0) is 11.3 Å². The van der Waals surface area contributed by atoms with Gasteiger partial charge < -0.3 is 5.32 Å². The van der Waals surface area contributed by atoms with Crippen LogP contribution in [0.5, 0.6) is 0 Å². The first-order valence-corrected chi connectivity index (χ1v) is 8.38. The van der Waals surface area contributed by atoms with Crippen LogP contribution in [0.25, 0.3) is 0 Å². The predicted octanol–water partition coefficient (Wildman–Crippen LogP) is 1.15. The third-order valence-electron chi connectivity index (χ3n) is 4.43. The highest BCUT2D eigenvalue weighted by molar-refractivity contribution is 6.31. The molecule has 0 aromatic heterocycles. The summed E-state index contributed by atoms with van der Waals surface area (Å²) >= 11 is 6.07. The molecule has 2 heterocycles. The van der Waals surface area contributed by atoms with Crippen molar-refractivity contribution in [2.75, 3.05) is 45.8 Å². The van der Waals surface area contributed by atoms with E-state index in [1.165, 1.54) is 11.0 Å². The molecule has 0 bridgehead atoms. The Bertz CT molecular complexity index is 614. The van der Waals surface area contributed by atoms with Crippen molar-refractivity contribution in [3.05, 3.63) is 34.6 Å². The quantitative estimate of drug-likeness (QED) is 0.881. The lowest BCUT2D eigenvalue weighted by Gasteiger charge is -2.34. The molecule has 1 N–H and O–H groups in total. The van der Waals surface area contributed by atoms with Crippen LogP contribution in [0.2, 0.25) is 5.02 Å². The highest BCUT2D eigenvalue weighted by Gasteiger charge is 2.28. The van der Waals surface area contributed by atoms with Crippen molar-refractivity contribution in [2.45, 2.75) is 6.54 Å². The van der Waals surface area contributed by atoms with E-state index in [2.05, 4.69) is 10.2 Å². The van der Waals surface area contributed by atoms with Gasteiger partial charge in [0.25, 0.3) is 0 Å². The van der Waals surface area contributed by atoms with Gasteiger partial charge in [0.2, 0.25) is 5.91 Å². The normalized spacial score (nSPS) is 19.6. The number of benzene rings is 1. The van der Waals surface area contributed by atoms with E-state index in [0.29, 0.717) is 43.3 Å². The number of amides is 3. The Morgan fingerprint density at radius 2 is 1.88 bits per heavy atom. The molecule has 0 radical (unpaired) electrons. The first-order valence-electron chi connectivity index (χ1n) is 8.00. The van der Waals surface area contributed by atoms with E-state index in [0.717, 1.165) is 13.1 Å². The summed E-state index contributed by atoms with van der Waals surface area (Å²) in [5, 5.41) is 3.06. The smallest absolute Gasteiger partial charge is 0.324 e. The molecule has 0 spiro atoms. The van der Waals surface area contributed by atoms with Crippen LogP contribution in [0.3, 0.4) is 0 Å². The maximum atomic E-state index is 13.9. The molecule has 0 saturated carbocycles. The molecule has 3 rings (SSSR count). The minimum atomic E-state index is -0.312. The molecular formula is C16H20ClFN4O2. The Morgan fingerprint density at radius 3 is 2.50 bits per heavy atom. The minimum absolute atomic E-state index is 0.171. The molecule has 1 aromatic rings. The number of hydrogen-bond acceptors (Lipinski definition) is 4. The average Bonchev–Trinajstić information content (AvgIpc) is 2.99. The predicted molar refractivity (Wildman–Crippen MR) is 88.2 cm³/mol. The molecule has 1 aromatic carbocycles. The van der Waals surface area contributed by atoms with E-state index in [1.54, 1.807) is 12.1 Å². The van der Waals surface area contributed by atoms with Gasteiger partial charge >= 0.3 is 6.03 Å². The van der Waals surface area contributed by atoms with E-state index in [4.69, 9.17) is 11.6 Å². The van der Waals surface area contributed by atoms with Gasteiger partial charge in [-0.3, -0.25) is 19.5 Å². The molecular weight excluding hydrogens is 335 g/mol. The molecule has 2 aliphatic heterocycles. The van der Waals surface area contributed by atoms with Crippen LogP contribution in [-0.4, -0.2) is 72.5 Å². The van der Waals surface area contributed by atoms with Crippen molar-refractivity contribution < 1.29 is 14.0 Å². The molecule has 0 aliphatic carbocycles. The Balaban J connectivity index is 1.49. The summed E-state index contributed by atoms with van der Waals surface area (Å²) in [6, 6.07) is 4.39. The van der Waals surface area contributed by atoms with E-state index < -0.39 is 0 Å². The molecule has 2 aliphatic rings. The molecule has 130 valence electrons. The van der Waals surface area contributed by atoms with Gasteiger partial charge in [-0.2, -0.15) is 0 Å². The van der Waals surface area contributed by atoms with Crippen molar-refractivity contribution in [2.24, 2.45) is 0 Å². The number of carbonyl (C=O) groups excluding carboxylic acids is 2. The number of nitrogens with zero attached hydrogens (tertiary/aromatic N) is 3. The van der Waals surface area contributed by atoms with Crippen LogP contribution in [0.15, 0.2) is 18.2 Å². The zero-order valence-corrected chi connectivity index (χ0v) is 14.1. The molecule has 3 amide bonds. The van der Waals surface area contributed by atoms with E-state index in [9.17, 15) is 14.0 Å². The monoisotopic (exact) mass is 354 g/mol. The first kappa shape index (κ1) is 17.1. The van der Waals surface area contributed by atoms with Gasteiger partial charge in [-0.15, -0.1) is 0 Å². The molecule has 0 unspecified atom stereocenters. The summed E-state index contributed by atoms with van der Waals surface area (Å²) in [7, 11) is 0. The van der Waals surface area contributed by atoms with Crippen LogP contribution in [0.1, 0.15) is 5.56 Å². The zero-order valence-electron chi connectivity index (χ0n) is 13.3. The highest BCUT2D eigenvalue weighted by Crippen LogP contribution is 2.21. The summed E-state index contributed by atoms with van der Waals surface area (Å²) < 4.78 is 13.9. The number of halogens is 2. The molecule has 8 heteroatoms. The number of imide groups is 1. The third kappa shape index (κ3) is 3.85. The van der Waals surface area contributed by atoms with Crippen LogP contribution in [0.4, 0.5) is 9.18 Å². The van der Waals surface area contributed by atoms with Gasteiger partial charge in [0.1, 0.15) is 5.82 Å². The largest absolute Gasteiger partial charge is 0.336 e. The second kappa shape index (κ2) is 7.46. The standard InChI is InChI=1S/C16H20ClFN4O2/c17-13-2-1-3-14(18)12(13)10-20-6-8-21(9-7-20)11-15(23)22-5-4-19-16(22)24/h1-3H,4-11H2,(H,19,24). The minimum Gasteiger partial charge on any atom is -0.336 e. The van der Waals surface area contributed by atoms with Crippen molar-refractivity contribution in [3.63, 3.8) is 0 Å². The number of hydrogen-bond donors (Lipinski definition) is 1. The van der Waals surface area contributed by atoms with Crippen molar-refractivity contribution >= 4 is 23.5 Å². The topological polar surface area (TPSA) is 55.9 Å². The summed E-state index contributed by atoms with van der Waals surface area (Å²) in [5.41, 5.74) is 0.512. The van der Waals surface area contributed by atoms with Gasteiger partial charge in [-0.25, -0.2) is 9.18 Å². The fourth-order valence-electron chi connectivity index (χ4n) is 3.00. The van der Waals surface area contributed by atoms with Crippen LogP contribution >= 0.6 is 11.6 Å². The molecule has 2 saturated heterocycles. The van der Waals surface area contributed by atoms with E-state index in [-0.39, 0.29) is 24.3 Å². The second-order valence-electron chi connectivity index (χ2n) is 6.03. The Kier molecular flexibility index (Phi) is 5.33. The Morgan fingerprint density at radius 1 is 1.17 bits per heavy atom. The molecule has 0 atom stereocenters. The molecule has 2 fully saturated rings. The third-order valence-corrected chi connectivity index (χ3v) is 4.78. The van der Waals surface area contributed by atoms with Crippen LogP contribution < -0.4 is 5.32 Å². The number of carbonyl (C=O) groups is 2. The summed E-state index contributed by atoms with van der Waals surface area (Å²) in [4.78, 5) is 29.0. The Hall–Kier alpha value is -1.70. The first-order chi connectivity index (χ1) is 11.5. The number of nitrogens with one attached hydrogen (secondary N) is 1. The maximum Gasteiger partial charge on any atom is 0.324 e. The van der Waals surface area contributed by atoms with E-state index >= 15 is 0 Å². The number of urea groups is 1. The molecule has 6 nitrogen and oxygen atoms in total. The lowest BCUT2D eigenvalue weighted by Crippen LogP contribution is -2.50. The summed E-state index contributed by atoms with van der Waals surface area (Å²) in [6.45, 7) is 4.50. The SMILES string of the molecule is O=C(CN1CCN(Cc2c(F)cccc2Cl)CC1)N1CCNC1=O. The second-order valence-corrected chi connectivity index (χ2v) is 6.44. The summed E-state index contributed by atoms with van der Waals surface area (Å²) in [6.07, 6.45) is 0.